The molecule has 2 heterocycles. The molecule has 2 atom stereocenters. The van der Waals surface area contributed by atoms with E-state index in [9.17, 15) is 4.79 Å². The van der Waals surface area contributed by atoms with E-state index in [1.165, 1.54) is 37.3 Å². The average molecular weight is 306 g/mol. The third-order valence-electron chi connectivity index (χ3n) is 4.23. The summed E-state index contributed by atoms with van der Waals surface area (Å²) in [6.07, 6.45) is 3.10. The predicted octanol–water partition coefficient (Wildman–Crippen LogP) is 0.827. The van der Waals surface area contributed by atoms with Crippen LogP contribution in [0.2, 0.25) is 0 Å². The van der Waals surface area contributed by atoms with Gasteiger partial charge in [-0.25, -0.2) is 4.79 Å². The maximum absolute atomic E-state index is 12.2. The van der Waals surface area contributed by atoms with Gasteiger partial charge in [0, 0.05) is 0 Å². The van der Waals surface area contributed by atoms with Gasteiger partial charge in [0.2, 0.25) is 6.10 Å². The summed E-state index contributed by atoms with van der Waals surface area (Å²) in [6, 6.07) is 7.37. The maximum atomic E-state index is 12.2. The minimum atomic E-state index is -0.672. The topological polar surface area (TPSA) is 49.2 Å². The van der Waals surface area contributed by atoms with E-state index < -0.39 is 6.10 Å². The number of nitrogens with one attached hydrogen (secondary N) is 1. The Kier molecular flexibility index (Phi) is 4.83. The molecule has 0 amide bonds. The fourth-order valence-corrected chi connectivity index (χ4v) is 3.11. The van der Waals surface area contributed by atoms with Crippen LogP contribution < -0.4 is 14.4 Å². The fourth-order valence-electron chi connectivity index (χ4n) is 3.11. The number of carbonyl (C=O) groups excluding carboxylic acids is 1. The van der Waals surface area contributed by atoms with Crippen LogP contribution in [0.15, 0.2) is 24.3 Å². The molecule has 0 unspecified atom stereocenters. The van der Waals surface area contributed by atoms with E-state index in [0.717, 1.165) is 6.54 Å². The Morgan fingerprint density at radius 3 is 2.77 bits per heavy atom. The molecule has 2 aliphatic heterocycles. The summed E-state index contributed by atoms with van der Waals surface area (Å²) >= 11 is 0. The first-order valence-corrected chi connectivity index (χ1v) is 8.15. The van der Waals surface area contributed by atoms with Crippen molar-refractivity contribution in [3.8, 4) is 11.5 Å². The molecule has 22 heavy (non-hydrogen) atoms. The minimum Gasteiger partial charge on any atom is -0.485 e. The number of ether oxygens (including phenoxy) is 3. The normalized spacial score (nSPS) is 22.9. The Balaban J connectivity index is 1.49. The highest BCUT2D eigenvalue weighted by Gasteiger charge is 2.30. The summed E-state index contributed by atoms with van der Waals surface area (Å²) in [4.78, 5) is 13.7. The largest absolute Gasteiger partial charge is 0.485 e. The molecule has 1 aromatic rings. The second kappa shape index (κ2) is 7.01. The molecule has 0 bridgehead atoms. The highest BCUT2D eigenvalue weighted by atomic mass is 16.6. The molecule has 0 saturated carbocycles. The molecule has 2 aliphatic rings. The molecular formula is C17H24NO4+. The molecule has 0 radical (unpaired) electrons. The third kappa shape index (κ3) is 3.71. The summed E-state index contributed by atoms with van der Waals surface area (Å²) < 4.78 is 16.8. The van der Waals surface area contributed by atoms with E-state index in [2.05, 4.69) is 0 Å². The Morgan fingerprint density at radius 1 is 1.27 bits per heavy atom. The lowest BCUT2D eigenvalue weighted by Gasteiger charge is -2.28. The van der Waals surface area contributed by atoms with Crippen molar-refractivity contribution in [2.75, 3.05) is 26.2 Å². The monoisotopic (exact) mass is 306 g/mol. The number of rotatable bonds is 4. The zero-order valence-corrected chi connectivity index (χ0v) is 13.0. The molecule has 1 saturated heterocycles. The van der Waals surface area contributed by atoms with Crippen LogP contribution in [0.3, 0.4) is 0 Å². The first-order chi connectivity index (χ1) is 10.7. The van der Waals surface area contributed by atoms with Crippen LogP contribution in [0.5, 0.6) is 11.5 Å². The standard InChI is InChI=1S/C17H23NO4/c1-13(11-18-9-5-2-6-10-18)21-17(19)16-12-20-14-7-3-4-8-15(14)22-16/h3-4,7-8,13,16H,2,5-6,9-12H2,1H3/p+1/t13-,16+/m1/s1. The van der Waals surface area contributed by atoms with Crippen LogP contribution in [0.4, 0.5) is 0 Å². The van der Waals surface area contributed by atoms with Gasteiger partial charge in [-0.1, -0.05) is 12.1 Å². The molecule has 1 fully saturated rings. The zero-order chi connectivity index (χ0) is 15.4. The summed E-state index contributed by atoms with van der Waals surface area (Å²) in [5.74, 6) is 0.945. The van der Waals surface area contributed by atoms with E-state index in [-0.39, 0.29) is 18.7 Å². The van der Waals surface area contributed by atoms with Crippen LogP contribution in [0.25, 0.3) is 0 Å². The van der Waals surface area contributed by atoms with Crippen molar-refractivity contribution in [1.29, 1.82) is 0 Å². The summed E-state index contributed by atoms with van der Waals surface area (Å²) in [6.45, 7) is 5.39. The van der Waals surface area contributed by atoms with E-state index in [1.807, 2.05) is 25.1 Å². The van der Waals surface area contributed by atoms with Gasteiger partial charge < -0.3 is 19.1 Å². The molecule has 5 heteroatoms. The molecule has 0 aliphatic carbocycles. The van der Waals surface area contributed by atoms with E-state index >= 15 is 0 Å². The number of esters is 1. The van der Waals surface area contributed by atoms with Crippen molar-refractivity contribution in [2.45, 2.75) is 38.4 Å². The lowest BCUT2D eigenvalue weighted by molar-refractivity contribution is -0.907. The molecule has 3 rings (SSSR count). The molecule has 0 spiro atoms. The van der Waals surface area contributed by atoms with Crippen molar-refractivity contribution in [2.24, 2.45) is 0 Å². The maximum Gasteiger partial charge on any atom is 0.351 e. The molecular weight excluding hydrogens is 282 g/mol. The number of hydrogen-bond donors (Lipinski definition) is 1. The van der Waals surface area contributed by atoms with Gasteiger partial charge in [-0.2, -0.15) is 0 Å². The van der Waals surface area contributed by atoms with Crippen molar-refractivity contribution in [3.63, 3.8) is 0 Å². The first kappa shape index (κ1) is 15.2. The number of fused-ring (bicyclic) bond motifs is 1. The van der Waals surface area contributed by atoms with Gasteiger partial charge in [-0.15, -0.1) is 0 Å². The van der Waals surface area contributed by atoms with Crippen molar-refractivity contribution < 1.29 is 23.9 Å². The van der Waals surface area contributed by atoms with Crippen LogP contribution >= 0.6 is 0 Å². The van der Waals surface area contributed by atoms with E-state index in [1.54, 1.807) is 6.07 Å². The van der Waals surface area contributed by atoms with Crippen LogP contribution in [-0.4, -0.2) is 44.4 Å². The van der Waals surface area contributed by atoms with E-state index in [0.29, 0.717) is 11.5 Å². The Bertz CT molecular complexity index is 513. The second-order valence-corrected chi connectivity index (χ2v) is 6.13. The Hall–Kier alpha value is -1.75. The van der Waals surface area contributed by atoms with Gasteiger partial charge in [0.25, 0.3) is 0 Å². The number of piperidine rings is 1. The summed E-state index contributed by atoms with van der Waals surface area (Å²) in [5, 5.41) is 0. The lowest BCUT2D eigenvalue weighted by atomic mass is 10.1. The van der Waals surface area contributed by atoms with Crippen LogP contribution in [-0.2, 0) is 9.53 Å². The third-order valence-corrected chi connectivity index (χ3v) is 4.23. The average Bonchev–Trinajstić information content (AvgIpc) is 2.55. The summed E-state index contributed by atoms with van der Waals surface area (Å²) in [5.41, 5.74) is 0. The summed E-state index contributed by atoms with van der Waals surface area (Å²) in [7, 11) is 0. The van der Waals surface area contributed by atoms with Gasteiger partial charge in [0.05, 0.1) is 13.1 Å². The number of carbonyl (C=O) groups is 1. The lowest BCUT2D eigenvalue weighted by Crippen LogP contribution is -3.13. The van der Waals surface area contributed by atoms with Gasteiger partial charge in [0.15, 0.2) is 11.5 Å². The van der Waals surface area contributed by atoms with Gasteiger partial charge in [-0.3, -0.25) is 0 Å². The molecule has 1 aromatic carbocycles. The highest BCUT2D eigenvalue weighted by molar-refractivity contribution is 5.76. The number of hydrogen-bond acceptors (Lipinski definition) is 4. The minimum absolute atomic E-state index is 0.0960. The molecule has 1 N–H and O–H groups in total. The molecule has 5 nitrogen and oxygen atoms in total. The number of benzene rings is 1. The van der Waals surface area contributed by atoms with Crippen molar-refractivity contribution >= 4 is 5.97 Å². The Labute approximate surface area is 131 Å². The second-order valence-electron chi connectivity index (χ2n) is 6.13. The number of likely N-dealkylation sites (tertiary alicyclic amines) is 1. The van der Waals surface area contributed by atoms with E-state index in [4.69, 9.17) is 14.2 Å². The number of quaternary nitrogens is 1. The predicted molar refractivity (Wildman–Crippen MR) is 81.3 cm³/mol. The fraction of sp³-hybridized carbons (Fsp3) is 0.588. The van der Waals surface area contributed by atoms with Crippen molar-refractivity contribution in [1.82, 2.24) is 0 Å². The van der Waals surface area contributed by atoms with Gasteiger partial charge in [-0.05, 0) is 38.3 Å². The molecule has 0 aromatic heterocycles. The quantitative estimate of drug-likeness (QED) is 0.837. The van der Waals surface area contributed by atoms with Crippen molar-refractivity contribution in [3.05, 3.63) is 24.3 Å². The highest BCUT2D eigenvalue weighted by Crippen LogP contribution is 2.31. The molecule has 120 valence electrons. The number of para-hydroxylation sites is 2. The zero-order valence-electron chi connectivity index (χ0n) is 13.0. The van der Waals surface area contributed by atoms with Crippen LogP contribution in [0, 0.1) is 0 Å². The van der Waals surface area contributed by atoms with Gasteiger partial charge >= 0.3 is 5.97 Å². The smallest absolute Gasteiger partial charge is 0.351 e. The Morgan fingerprint density at radius 2 is 2.00 bits per heavy atom. The van der Waals surface area contributed by atoms with Crippen LogP contribution in [0.1, 0.15) is 26.2 Å². The van der Waals surface area contributed by atoms with Gasteiger partial charge in [0.1, 0.15) is 19.3 Å². The SMILES string of the molecule is C[C@H](C[NH+]1CCCCC1)OC(=O)[C@@H]1COc2ccccc2O1. The first-order valence-electron chi connectivity index (χ1n) is 8.15.